The lowest BCUT2D eigenvalue weighted by molar-refractivity contribution is -0.137. The van der Waals surface area contributed by atoms with Crippen LogP contribution in [0.3, 0.4) is 0 Å². The van der Waals surface area contributed by atoms with E-state index >= 15 is 0 Å². The van der Waals surface area contributed by atoms with E-state index in [4.69, 9.17) is 4.74 Å². The molecule has 144 valence electrons. The summed E-state index contributed by atoms with van der Waals surface area (Å²) in [5.41, 5.74) is 0.405. The van der Waals surface area contributed by atoms with Crippen LogP contribution in [0.1, 0.15) is 21.5 Å². The highest BCUT2D eigenvalue weighted by Gasteiger charge is 2.30. The molecule has 5 nitrogen and oxygen atoms in total. The van der Waals surface area contributed by atoms with Crippen molar-refractivity contribution in [2.75, 3.05) is 24.6 Å². The SMILES string of the molecule is O=C(NCC#Cc1ccc(N2CCOC2=O)cc1)c1cccc(C(F)(F)F)c1. The van der Waals surface area contributed by atoms with Gasteiger partial charge in [0.05, 0.1) is 18.7 Å². The first kappa shape index (κ1) is 19.3. The first-order valence-electron chi connectivity index (χ1n) is 8.33. The van der Waals surface area contributed by atoms with Gasteiger partial charge in [0.1, 0.15) is 6.61 Å². The summed E-state index contributed by atoms with van der Waals surface area (Å²) in [7, 11) is 0. The monoisotopic (exact) mass is 388 g/mol. The van der Waals surface area contributed by atoms with Gasteiger partial charge in [-0.3, -0.25) is 9.69 Å². The Morgan fingerprint density at radius 1 is 1.18 bits per heavy atom. The molecule has 0 unspecified atom stereocenters. The number of ether oxygens (including phenoxy) is 1. The van der Waals surface area contributed by atoms with E-state index < -0.39 is 23.7 Å². The third-order valence-corrected chi connectivity index (χ3v) is 3.96. The van der Waals surface area contributed by atoms with Crippen molar-refractivity contribution >= 4 is 17.7 Å². The minimum absolute atomic E-state index is 0.0186. The molecular weight excluding hydrogens is 373 g/mol. The first-order valence-corrected chi connectivity index (χ1v) is 8.33. The van der Waals surface area contributed by atoms with Gasteiger partial charge in [-0.25, -0.2) is 4.79 Å². The molecule has 0 radical (unpaired) electrons. The maximum Gasteiger partial charge on any atom is 0.416 e. The van der Waals surface area contributed by atoms with Crippen LogP contribution in [0, 0.1) is 11.8 Å². The molecule has 2 aromatic rings. The molecule has 0 aromatic heterocycles. The number of carbonyl (C=O) groups is 2. The summed E-state index contributed by atoms with van der Waals surface area (Å²) < 4.78 is 42.9. The summed E-state index contributed by atoms with van der Waals surface area (Å²) >= 11 is 0. The molecule has 1 heterocycles. The third-order valence-electron chi connectivity index (χ3n) is 3.96. The predicted octanol–water partition coefficient (Wildman–Crippen LogP) is 3.44. The highest BCUT2D eigenvalue weighted by Crippen LogP contribution is 2.29. The number of rotatable bonds is 3. The van der Waals surface area contributed by atoms with Gasteiger partial charge in [-0.05, 0) is 42.5 Å². The molecule has 1 aliphatic rings. The summed E-state index contributed by atoms with van der Waals surface area (Å²) in [5, 5.41) is 2.46. The molecule has 2 amide bonds. The molecule has 0 aliphatic carbocycles. The molecule has 0 saturated carbocycles. The second kappa shape index (κ2) is 8.05. The Morgan fingerprint density at radius 2 is 1.93 bits per heavy atom. The molecule has 2 aromatic carbocycles. The lowest BCUT2D eigenvalue weighted by Crippen LogP contribution is -2.24. The van der Waals surface area contributed by atoms with Crippen LogP contribution >= 0.6 is 0 Å². The average Bonchev–Trinajstić information content (AvgIpc) is 3.11. The second-order valence-electron chi connectivity index (χ2n) is 5.88. The number of alkyl halides is 3. The number of nitrogens with zero attached hydrogens (tertiary/aromatic N) is 1. The van der Waals surface area contributed by atoms with Crippen molar-refractivity contribution in [2.24, 2.45) is 0 Å². The summed E-state index contributed by atoms with van der Waals surface area (Å²) in [5.74, 6) is 4.94. The largest absolute Gasteiger partial charge is 0.447 e. The maximum absolute atomic E-state index is 12.7. The molecule has 3 rings (SSSR count). The number of carbonyl (C=O) groups excluding carboxylic acids is 2. The van der Waals surface area contributed by atoms with E-state index in [9.17, 15) is 22.8 Å². The molecular formula is C20H15F3N2O3. The van der Waals surface area contributed by atoms with E-state index in [-0.39, 0.29) is 12.1 Å². The smallest absolute Gasteiger partial charge is 0.416 e. The number of cyclic esters (lactones) is 1. The molecule has 1 N–H and O–H groups in total. The van der Waals surface area contributed by atoms with Crippen molar-refractivity contribution < 1.29 is 27.5 Å². The topological polar surface area (TPSA) is 58.6 Å². The van der Waals surface area contributed by atoms with Crippen molar-refractivity contribution in [2.45, 2.75) is 6.18 Å². The quantitative estimate of drug-likeness (QED) is 0.820. The number of hydrogen-bond donors (Lipinski definition) is 1. The van der Waals surface area contributed by atoms with Crippen LogP contribution < -0.4 is 10.2 Å². The van der Waals surface area contributed by atoms with E-state index in [2.05, 4.69) is 17.2 Å². The van der Waals surface area contributed by atoms with Gasteiger partial charge in [0.25, 0.3) is 5.91 Å². The van der Waals surface area contributed by atoms with Gasteiger partial charge < -0.3 is 10.1 Å². The van der Waals surface area contributed by atoms with E-state index in [1.807, 2.05) is 0 Å². The fraction of sp³-hybridized carbons (Fsp3) is 0.200. The van der Waals surface area contributed by atoms with Gasteiger partial charge in [0.15, 0.2) is 0 Å². The molecule has 28 heavy (non-hydrogen) atoms. The van der Waals surface area contributed by atoms with Crippen LogP contribution in [0.4, 0.5) is 23.7 Å². The summed E-state index contributed by atoms with van der Waals surface area (Å²) in [4.78, 5) is 25.0. The highest BCUT2D eigenvalue weighted by atomic mass is 19.4. The molecule has 8 heteroatoms. The zero-order chi connectivity index (χ0) is 20.1. The minimum atomic E-state index is -4.51. The van der Waals surface area contributed by atoms with Crippen molar-refractivity contribution in [3.05, 3.63) is 65.2 Å². The third kappa shape index (κ3) is 4.62. The second-order valence-corrected chi connectivity index (χ2v) is 5.88. The van der Waals surface area contributed by atoms with Crippen molar-refractivity contribution in [3.63, 3.8) is 0 Å². The number of amides is 2. The van der Waals surface area contributed by atoms with Gasteiger partial charge in [-0.1, -0.05) is 17.9 Å². The van der Waals surface area contributed by atoms with Gasteiger partial charge in [0.2, 0.25) is 0 Å². The molecule has 1 saturated heterocycles. The standard InChI is InChI=1S/C20H15F3N2O3/c21-20(22,23)16-5-1-4-15(13-16)18(26)24-10-2-3-14-6-8-17(9-7-14)25-11-12-28-19(25)27/h1,4-9,13H,10-12H2,(H,24,26). The zero-order valence-corrected chi connectivity index (χ0v) is 14.5. The van der Waals surface area contributed by atoms with Crippen LogP contribution in [-0.2, 0) is 10.9 Å². The van der Waals surface area contributed by atoms with Gasteiger partial charge in [0, 0.05) is 16.8 Å². The fourth-order valence-electron chi connectivity index (χ4n) is 2.56. The number of benzene rings is 2. The molecule has 1 fully saturated rings. The highest BCUT2D eigenvalue weighted by molar-refractivity contribution is 5.94. The lowest BCUT2D eigenvalue weighted by atomic mass is 10.1. The van der Waals surface area contributed by atoms with Gasteiger partial charge in [-0.15, -0.1) is 0 Å². The molecule has 0 bridgehead atoms. The summed E-state index contributed by atoms with van der Waals surface area (Å²) in [6, 6.07) is 11.1. The Labute approximate surface area is 159 Å². The molecule has 0 atom stereocenters. The van der Waals surface area contributed by atoms with Crippen molar-refractivity contribution in [1.29, 1.82) is 0 Å². The van der Waals surface area contributed by atoms with Crippen LogP contribution in [0.15, 0.2) is 48.5 Å². The molecule has 1 aliphatic heterocycles. The van der Waals surface area contributed by atoms with E-state index in [0.717, 1.165) is 12.1 Å². The Balaban J connectivity index is 1.56. The first-order chi connectivity index (χ1) is 13.3. The van der Waals surface area contributed by atoms with Crippen molar-refractivity contribution in [1.82, 2.24) is 5.32 Å². The van der Waals surface area contributed by atoms with Crippen LogP contribution in [0.25, 0.3) is 0 Å². The fourth-order valence-corrected chi connectivity index (χ4v) is 2.56. The normalized spacial score (nSPS) is 13.5. The van der Waals surface area contributed by atoms with Crippen LogP contribution in [0.2, 0.25) is 0 Å². The Morgan fingerprint density at radius 3 is 2.57 bits per heavy atom. The molecule has 0 spiro atoms. The zero-order valence-electron chi connectivity index (χ0n) is 14.5. The number of nitrogens with one attached hydrogen (secondary N) is 1. The lowest BCUT2D eigenvalue weighted by Gasteiger charge is -2.11. The van der Waals surface area contributed by atoms with E-state index in [1.165, 1.54) is 17.0 Å². The van der Waals surface area contributed by atoms with Crippen molar-refractivity contribution in [3.8, 4) is 11.8 Å². The van der Waals surface area contributed by atoms with E-state index in [0.29, 0.717) is 24.4 Å². The number of hydrogen-bond acceptors (Lipinski definition) is 3. The van der Waals surface area contributed by atoms with Crippen LogP contribution in [-0.4, -0.2) is 31.7 Å². The number of anilines is 1. The van der Waals surface area contributed by atoms with Gasteiger partial charge in [-0.2, -0.15) is 13.2 Å². The van der Waals surface area contributed by atoms with Gasteiger partial charge >= 0.3 is 12.3 Å². The van der Waals surface area contributed by atoms with Crippen LogP contribution in [0.5, 0.6) is 0 Å². The maximum atomic E-state index is 12.7. The van der Waals surface area contributed by atoms with E-state index in [1.54, 1.807) is 24.3 Å². The Bertz CT molecular complexity index is 944. The average molecular weight is 388 g/mol. The Hall–Kier alpha value is -3.47. The summed E-state index contributed by atoms with van der Waals surface area (Å²) in [6.07, 6.45) is -4.90. The Kier molecular flexibility index (Phi) is 5.54. The number of halogens is 3. The predicted molar refractivity (Wildman–Crippen MR) is 95.8 cm³/mol. The minimum Gasteiger partial charge on any atom is -0.447 e. The summed E-state index contributed by atoms with van der Waals surface area (Å²) in [6.45, 7) is 0.826.